The van der Waals surface area contributed by atoms with Crippen molar-refractivity contribution in [1.82, 2.24) is 19.6 Å². The average Bonchev–Trinajstić information content (AvgIpc) is 2.98. The summed E-state index contributed by atoms with van der Waals surface area (Å²) >= 11 is 0. The smallest absolute Gasteiger partial charge is 0.243 e. The maximum atomic E-state index is 14.3. The van der Waals surface area contributed by atoms with Gasteiger partial charge in [-0.25, -0.2) is 13.1 Å². The summed E-state index contributed by atoms with van der Waals surface area (Å²) in [6.07, 6.45) is 5.82. The van der Waals surface area contributed by atoms with Crippen molar-refractivity contribution >= 4 is 31.8 Å². The summed E-state index contributed by atoms with van der Waals surface area (Å²) in [7, 11) is -2.32. The van der Waals surface area contributed by atoms with Gasteiger partial charge in [0.15, 0.2) is 0 Å². The van der Waals surface area contributed by atoms with Gasteiger partial charge in [0.05, 0.1) is 24.2 Å². The van der Waals surface area contributed by atoms with Gasteiger partial charge in [-0.1, -0.05) is 38.1 Å². The van der Waals surface area contributed by atoms with Crippen LogP contribution < -0.4 is 9.46 Å². The molecular formula is C32H36N4O3S. The molecule has 0 amide bonds. The Labute approximate surface area is 236 Å². The van der Waals surface area contributed by atoms with Gasteiger partial charge in [0.25, 0.3) is 0 Å². The maximum Gasteiger partial charge on any atom is 0.243 e. The number of para-hydroxylation sites is 1. The first-order valence-electron chi connectivity index (χ1n) is 14.0. The molecule has 3 aliphatic rings. The molecule has 0 spiro atoms. The molecule has 5 atom stereocenters. The van der Waals surface area contributed by atoms with Crippen molar-refractivity contribution in [1.29, 1.82) is 0 Å². The molecule has 2 bridgehead atoms. The van der Waals surface area contributed by atoms with E-state index in [9.17, 15) is 8.42 Å². The number of nitrogens with zero attached hydrogens (tertiary/aromatic N) is 3. The van der Waals surface area contributed by atoms with Gasteiger partial charge in [0.2, 0.25) is 10.0 Å². The van der Waals surface area contributed by atoms with Gasteiger partial charge in [-0.2, -0.15) is 0 Å². The van der Waals surface area contributed by atoms with E-state index in [0.717, 1.165) is 53.5 Å². The van der Waals surface area contributed by atoms with Crippen molar-refractivity contribution in [2.24, 2.45) is 11.8 Å². The van der Waals surface area contributed by atoms with Crippen LogP contribution in [0.1, 0.15) is 49.9 Å². The van der Waals surface area contributed by atoms with Gasteiger partial charge < -0.3 is 4.74 Å². The molecule has 7 rings (SSSR count). The van der Waals surface area contributed by atoms with Crippen molar-refractivity contribution in [3.05, 3.63) is 84.7 Å². The number of nitrogens with one attached hydrogen (secondary N) is 1. The van der Waals surface area contributed by atoms with E-state index in [1.165, 1.54) is 0 Å². The molecule has 208 valence electrons. The molecule has 0 aliphatic carbocycles. The topological polar surface area (TPSA) is 84.4 Å². The van der Waals surface area contributed by atoms with Crippen LogP contribution in [0.2, 0.25) is 0 Å². The van der Waals surface area contributed by atoms with E-state index in [1.807, 2.05) is 42.5 Å². The van der Waals surface area contributed by atoms with Gasteiger partial charge >= 0.3 is 0 Å². The Morgan fingerprint density at radius 3 is 2.73 bits per heavy atom. The molecule has 0 radical (unpaired) electrons. The number of ether oxygens (including phenoxy) is 1. The van der Waals surface area contributed by atoms with Crippen LogP contribution in [0, 0.1) is 11.8 Å². The van der Waals surface area contributed by atoms with Crippen molar-refractivity contribution in [2.75, 3.05) is 20.2 Å². The second-order valence-electron chi connectivity index (χ2n) is 11.3. The molecule has 4 aromatic rings. The minimum Gasteiger partial charge on any atom is -0.497 e. The number of pyridine rings is 2. The van der Waals surface area contributed by atoms with Crippen LogP contribution >= 0.6 is 0 Å². The molecule has 1 N–H and O–H groups in total. The summed E-state index contributed by atoms with van der Waals surface area (Å²) < 4.78 is 37.3. The number of hydrogen-bond acceptors (Lipinski definition) is 6. The lowest BCUT2D eigenvalue weighted by Gasteiger charge is -2.51. The lowest BCUT2D eigenvalue weighted by atomic mass is 9.73. The molecule has 8 heteroatoms. The fraction of sp³-hybridized carbons (Fsp3) is 0.375. The molecule has 2 aromatic heterocycles. The Balaban J connectivity index is 1.49. The number of hydrogen-bond donors (Lipinski definition) is 1. The van der Waals surface area contributed by atoms with Crippen molar-refractivity contribution in [3.63, 3.8) is 0 Å². The Morgan fingerprint density at radius 1 is 1.15 bits per heavy atom. The molecular weight excluding hydrogens is 520 g/mol. The lowest BCUT2D eigenvalue weighted by molar-refractivity contribution is 0.00490. The van der Waals surface area contributed by atoms with Gasteiger partial charge in [-0.3, -0.25) is 14.9 Å². The molecule has 7 nitrogen and oxygen atoms in total. The van der Waals surface area contributed by atoms with Gasteiger partial charge in [-0.15, -0.1) is 6.58 Å². The number of aromatic nitrogens is 2. The first-order chi connectivity index (χ1) is 19.3. The second-order valence-corrected chi connectivity index (χ2v) is 13.0. The zero-order valence-corrected chi connectivity index (χ0v) is 24.1. The summed E-state index contributed by atoms with van der Waals surface area (Å²) in [6, 6.07) is 16.5. The second kappa shape index (κ2) is 10.6. The van der Waals surface area contributed by atoms with E-state index in [-0.39, 0.29) is 16.9 Å². The summed E-state index contributed by atoms with van der Waals surface area (Å²) in [5, 5.41) is 1.69. The first kappa shape index (κ1) is 26.9. The fourth-order valence-corrected chi connectivity index (χ4v) is 7.94. The number of fused-ring (bicyclic) bond motifs is 5. The Bertz CT molecular complexity index is 1690. The predicted octanol–water partition coefficient (Wildman–Crippen LogP) is 5.83. The van der Waals surface area contributed by atoms with Gasteiger partial charge in [0, 0.05) is 35.2 Å². The highest BCUT2D eigenvalue weighted by molar-refractivity contribution is 7.89. The Morgan fingerprint density at radius 2 is 2.00 bits per heavy atom. The summed E-state index contributed by atoms with van der Waals surface area (Å²) in [6.45, 7) is 10.0. The number of sulfonamides is 1. The summed E-state index contributed by atoms with van der Waals surface area (Å²) in [4.78, 5) is 12.0. The predicted molar refractivity (Wildman–Crippen MR) is 159 cm³/mol. The summed E-state index contributed by atoms with van der Waals surface area (Å²) in [5.41, 5.74) is 3.07. The Kier molecular flexibility index (Phi) is 7.10. The number of methoxy groups -OCH3 is 1. The zero-order chi connectivity index (χ0) is 28.0. The lowest BCUT2D eigenvalue weighted by Crippen LogP contribution is -2.57. The largest absolute Gasteiger partial charge is 0.497 e. The molecule has 3 aliphatic heterocycles. The highest BCUT2D eigenvalue weighted by Gasteiger charge is 2.44. The third-order valence-corrected chi connectivity index (χ3v) is 10.2. The van der Waals surface area contributed by atoms with Crippen LogP contribution in [0.15, 0.2) is 78.3 Å². The normalized spacial score (nSPS) is 23.5. The molecule has 3 fully saturated rings. The minimum atomic E-state index is -3.96. The molecule has 0 saturated carbocycles. The minimum absolute atomic E-state index is 0.00399. The van der Waals surface area contributed by atoms with E-state index in [1.54, 1.807) is 25.4 Å². The van der Waals surface area contributed by atoms with E-state index >= 15 is 0 Å². The van der Waals surface area contributed by atoms with E-state index in [2.05, 4.69) is 41.1 Å². The third kappa shape index (κ3) is 4.78. The SMILES string of the molecule is C=CC1CN2CCC1CC2[C@@H](NS(=O)(=O)c1cccc2ccc(C(C)C)nc12)c1ccnc2ccc(OC)cc12. The molecule has 3 saturated heterocycles. The average molecular weight is 557 g/mol. The van der Waals surface area contributed by atoms with Crippen LogP contribution in [0.4, 0.5) is 0 Å². The third-order valence-electron chi connectivity index (χ3n) is 8.72. The monoisotopic (exact) mass is 556 g/mol. The van der Waals surface area contributed by atoms with E-state index in [4.69, 9.17) is 9.72 Å². The van der Waals surface area contributed by atoms with Crippen LogP contribution in [-0.2, 0) is 10.0 Å². The van der Waals surface area contributed by atoms with Crippen molar-refractivity contribution in [2.45, 2.75) is 49.6 Å². The quantitative estimate of drug-likeness (QED) is 0.275. The summed E-state index contributed by atoms with van der Waals surface area (Å²) in [5.74, 6) is 1.80. The van der Waals surface area contributed by atoms with Crippen LogP contribution in [0.3, 0.4) is 0 Å². The standard InChI is InChI=1S/C32H36N4O3S/c1-5-21-19-36-16-14-23(21)17-29(36)32(25-13-15-33-28-12-10-24(39-4)18-26(25)28)35-40(37,38)30-8-6-7-22-9-11-27(20(2)3)34-31(22)30/h5-13,15,18,20-21,23,29,32,35H,1,14,16-17,19H2,2-4H3/t21?,23?,29?,32-/m0/s1. The van der Waals surface area contributed by atoms with Crippen LogP contribution in [-0.4, -0.2) is 49.5 Å². The molecule has 2 aromatic carbocycles. The van der Waals surface area contributed by atoms with Gasteiger partial charge in [-0.05, 0) is 79.1 Å². The zero-order valence-electron chi connectivity index (χ0n) is 23.2. The highest BCUT2D eigenvalue weighted by atomic mass is 32.2. The fourth-order valence-electron chi connectivity index (χ4n) is 6.52. The number of benzene rings is 2. The van der Waals surface area contributed by atoms with Crippen LogP contribution in [0.5, 0.6) is 5.75 Å². The molecule has 40 heavy (non-hydrogen) atoms. The van der Waals surface area contributed by atoms with Crippen molar-refractivity contribution in [3.8, 4) is 5.75 Å². The van der Waals surface area contributed by atoms with Gasteiger partial charge in [0.1, 0.15) is 10.6 Å². The maximum absolute atomic E-state index is 14.3. The van der Waals surface area contributed by atoms with Crippen molar-refractivity contribution < 1.29 is 13.2 Å². The van der Waals surface area contributed by atoms with Crippen LogP contribution in [0.25, 0.3) is 21.8 Å². The highest BCUT2D eigenvalue weighted by Crippen LogP contribution is 2.43. The van der Waals surface area contributed by atoms with E-state index < -0.39 is 16.1 Å². The van der Waals surface area contributed by atoms with E-state index in [0.29, 0.717) is 23.1 Å². The number of piperidine rings is 3. The molecule has 5 heterocycles. The Hall–Kier alpha value is -3.33. The first-order valence-corrected chi connectivity index (χ1v) is 15.5. The number of rotatable bonds is 8. The molecule has 4 unspecified atom stereocenters.